The lowest BCUT2D eigenvalue weighted by molar-refractivity contribution is 0.00237. The molecule has 0 saturated carbocycles. The number of aryl methyl sites for hydroxylation is 1. The lowest BCUT2D eigenvalue weighted by Crippen LogP contribution is -2.23. The Hall–Kier alpha value is -1.35. The third-order valence-corrected chi connectivity index (χ3v) is 3.51. The third-order valence-electron chi connectivity index (χ3n) is 3.51. The summed E-state index contributed by atoms with van der Waals surface area (Å²) >= 11 is 0. The second-order valence-electron chi connectivity index (χ2n) is 5.56. The van der Waals surface area contributed by atoms with Gasteiger partial charge < -0.3 is 9.47 Å². The van der Waals surface area contributed by atoms with Gasteiger partial charge in [-0.25, -0.2) is 4.79 Å². The zero-order valence-corrected chi connectivity index (χ0v) is 13.6. The molecule has 3 heteroatoms. The third kappa shape index (κ3) is 7.28. The summed E-state index contributed by atoms with van der Waals surface area (Å²) in [5, 5.41) is 0. The van der Waals surface area contributed by atoms with Crippen LogP contribution in [-0.4, -0.2) is 25.8 Å². The van der Waals surface area contributed by atoms with Crippen molar-refractivity contribution < 1.29 is 14.3 Å². The molecule has 0 heterocycles. The number of methoxy groups -OCH3 is 1. The van der Waals surface area contributed by atoms with Crippen molar-refractivity contribution in [2.45, 2.75) is 58.5 Å². The van der Waals surface area contributed by atoms with Crippen LogP contribution < -0.4 is 0 Å². The van der Waals surface area contributed by atoms with E-state index in [-0.39, 0.29) is 12.1 Å². The molecule has 1 aromatic carbocycles. The zero-order chi connectivity index (χ0) is 15.5. The summed E-state index contributed by atoms with van der Waals surface area (Å²) in [7, 11) is 1.64. The summed E-state index contributed by atoms with van der Waals surface area (Å²) in [6.45, 7) is 4.64. The first-order valence-corrected chi connectivity index (χ1v) is 7.94. The topological polar surface area (TPSA) is 35.5 Å². The van der Waals surface area contributed by atoms with Crippen LogP contribution in [-0.2, 0) is 9.47 Å². The maximum Gasteiger partial charge on any atom is 0.338 e. The average Bonchev–Trinajstić information content (AvgIpc) is 2.47. The van der Waals surface area contributed by atoms with Gasteiger partial charge in [0.05, 0.1) is 12.2 Å². The second kappa shape index (κ2) is 10.4. The molecule has 1 unspecified atom stereocenters. The number of ether oxygens (including phenoxy) is 2. The van der Waals surface area contributed by atoms with Crippen molar-refractivity contribution in [1.29, 1.82) is 0 Å². The fourth-order valence-corrected chi connectivity index (χ4v) is 2.33. The molecule has 1 aromatic rings. The second-order valence-corrected chi connectivity index (χ2v) is 5.56. The van der Waals surface area contributed by atoms with E-state index >= 15 is 0 Å². The Kier molecular flexibility index (Phi) is 8.76. The summed E-state index contributed by atoms with van der Waals surface area (Å²) in [5.41, 5.74) is 1.68. The Bertz CT molecular complexity index is 415. The van der Waals surface area contributed by atoms with E-state index in [1.54, 1.807) is 13.2 Å². The van der Waals surface area contributed by atoms with Gasteiger partial charge in [0, 0.05) is 7.11 Å². The Morgan fingerprint density at radius 1 is 1.19 bits per heavy atom. The van der Waals surface area contributed by atoms with Crippen LogP contribution in [0.2, 0.25) is 0 Å². The first-order chi connectivity index (χ1) is 10.2. The maximum atomic E-state index is 12.1. The fraction of sp³-hybridized carbons (Fsp3) is 0.611. The molecule has 1 atom stereocenters. The summed E-state index contributed by atoms with van der Waals surface area (Å²) in [6, 6.07) is 7.49. The van der Waals surface area contributed by atoms with Crippen molar-refractivity contribution in [2.75, 3.05) is 13.7 Å². The molecule has 0 aliphatic rings. The summed E-state index contributed by atoms with van der Waals surface area (Å²) in [5.74, 6) is -0.255. The molecule has 0 spiro atoms. The van der Waals surface area contributed by atoms with Gasteiger partial charge in [-0.05, 0) is 31.9 Å². The van der Waals surface area contributed by atoms with Crippen molar-refractivity contribution in [3.8, 4) is 0 Å². The largest absolute Gasteiger partial charge is 0.456 e. The SMILES string of the molecule is CCCCCCCC(COC)OC(=O)c1cccc(C)c1. The number of carbonyl (C=O) groups excluding carboxylic acids is 1. The lowest BCUT2D eigenvalue weighted by Gasteiger charge is -2.17. The van der Waals surface area contributed by atoms with Gasteiger partial charge in [0.15, 0.2) is 0 Å². The van der Waals surface area contributed by atoms with Gasteiger partial charge in [-0.2, -0.15) is 0 Å². The lowest BCUT2D eigenvalue weighted by atomic mass is 10.1. The number of hydrogen-bond acceptors (Lipinski definition) is 3. The van der Waals surface area contributed by atoms with E-state index in [9.17, 15) is 4.79 Å². The summed E-state index contributed by atoms with van der Waals surface area (Å²) in [4.78, 5) is 12.1. The van der Waals surface area contributed by atoms with Gasteiger partial charge in [0.25, 0.3) is 0 Å². The van der Waals surface area contributed by atoms with Crippen LogP contribution in [0, 0.1) is 6.92 Å². The van der Waals surface area contributed by atoms with Crippen LogP contribution >= 0.6 is 0 Å². The summed E-state index contributed by atoms with van der Waals surface area (Å²) in [6.07, 6.45) is 6.76. The zero-order valence-electron chi connectivity index (χ0n) is 13.6. The Morgan fingerprint density at radius 2 is 1.95 bits per heavy atom. The van der Waals surface area contributed by atoms with Gasteiger partial charge in [0.1, 0.15) is 6.10 Å². The Labute approximate surface area is 128 Å². The van der Waals surface area contributed by atoms with Gasteiger partial charge in [0.2, 0.25) is 0 Å². The van der Waals surface area contributed by atoms with E-state index in [1.165, 1.54) is 25.7 Å². The van der Waals surface area contributed by atoms with Crippen molar-refractivity contribution in [3.63, 3.8) is 0 Å². The number of benzene rings is 1. The molecule has 21 heavy (non-hydrogen) atoms. The van der Waals surface area contributed by atoms with E-state index in [4.69, 9.17) is 9.47 Å². The molecule has 3 nitrogen and oxygen atoms in total. The van der Waals surface area contributed by atoms with Gasteiger partial charge in [-0.1, -0.05) is 50.3 Å². The minimum Gasteiger partial charge on any atom is -0.456 e. The van der Waals surface area contributed by atoms with Crippen LogP contribution in [0.3, 0.4) is 0 Å². The highest BCUT2D eigenvalue weighted by atomic mass is 16.6. The monoisotopic (exact) mass is 292 g/mol. The molecule has 1 rings (SSSR count). The average molecular weight is 292 g/mol. The molecule has 0 aliphatic carbocycles. The van der Waals surface area contributed by atoms with Crippen LogP contribution in [0.1, 0.15) is 61.4 Å². The molecule has 0 amide bonds. The molecular weight excluding hydrogens is 264 g/mol. The highest BCUT2D eigenvalue weighted by molar-refractivity contribution is 5.89. The number of rotatable bonds is 10. The van der Waals surface area contributed by atoms with E-state index in [2.05, 4.69) is 6.92 Å². The smallest absolute Gasteiger partial charge is 0.338 e. The van der Waals surface area contributed by atoms with Crippen molar-refractivity contribution in [1.82, 2.24) is 0 Å². The van der Waals surface area contributed by atoms with E-state index in [0.717, 1.165) is 18.4 Å². The molecular formula is C18H28O3. The molecule has 0 saturated heterocycles. The standard InChI is InChI=1S/C18H28O3/c1-4-5-6-7-8-12-17(14-20-3)21-18(19)16-11-9-10-15(2)13-16/h9-11,13,17H,4-8,12,14H2,1-3H3. The number of hydrogen-bond donors (Lipinski definition) is 0. The number of carbonyl (C=O) groups is 1. The first kappa shape index (κ1) is 17.7. The van der Waals surface area contributed by atoms with Crippen molar-refractivity contribution in [2.24, 2.45) is 0 Å². The number of esters is 1. The first-order valence-electron chi connectivity index (χ1n) is 7.94. The normalized spacial score (nSPS) is 12.1. The molecule has 0 N–H and O–H groups in total. The minimum atomic E-state index is -0.255. The molecule has 118 valence electrons. The van der Waals surface area contributed by atoms with Gasteiger partial charge in [-0.15, -0.1) is 0 Å². The van der Waals surface area contributed by atoms with Crippen LogP contribution in [0.25, 0.3) is 0 Å². The number of unbranched alkanes of at least 4 members (excludes halogenated alkanes) is 4. The molecule has 0 fully saturated rings. The highest BCUT2D eigenvalue weighted by Crippen LogP contribution is 2.13. The Morgan fingerprint density at radius 3 is 2.62 bits per heavy atom. The van der Waals surface area contributed by atoms with Crippen LogP contribution in [0.4, 0.5) is 0 Å². The van der Waals surface area contributed by atoms with Gasteiger partial charge in [-0.3, -0.25) is 0 Å². The van der Waals surface area contributed by atoms with Crippen molar-refractivity contribution in [3.05, 3.63) is 35.4 Å². The predicted molar refractivity (Wildman–Crippen MR) is 85.6 cm³/mol. The Balaban J connectivity index is 2.43. The minimum absolute atomic E-state index is 0.148. The van der Waals surface area contributed by atoms with E-state index in [0.29, 0.717) is 12.2 Å². The van der Waals surface area contributed by atoms with Crippen LogP contribution in [0.5, 0.6) is 0 Å². The highest BCUT2D eigenvalue weighted by Gasteiger charge is 2.15. The van der Waals surface area contributed by atoms with E-state index < -0.39 is 0 Å². The van der Waals surface area contributed by atoms with Crippen molar-refractivity contribution >= 4 is 5.97 Å². The molecule has 0 aliphatic heterocycles. The van der Waals surface area contributed by atoms with Crippen LogP contribution in [0.15, 0.2) is 24.3 Å². The molecule has 0 bridgehead atoms. The predicted octanol–water partition coefficient (Wildman–Crippen LogP) is 4.53. The maximum absolute atomic E-state index is 12.1. The quantitative estimate of drug-likeness (QED) is 0.469. The molecule has 0 radical (unpaired) electrons. The summed E-state index contributed by atoms with van der Waals surface area (Å²) < 4.78 is 10.7. The van der Waals surface area contributed by atoms with E-state index in [1.807, 2.05) is 25.1 Å². The molecule has 0 aromatic heterocycles. The fourth-order valence-electron chi connectivity index (χ4n) is 2.33. The van der Waals surface area contributed by atoms with Gasteiger partial charge >= 0.3 is 5.97 Å².